The predicted molar refractivity (Wildman–Crippen MR) is 126 cm³/mol. The van der Waals surface area contributed by atoms with E-state index < -0.39 is 0 Å². The molecule has 1 aliphatic rings. The van der Waals surface area contributed by atoms with Crippen molar-refractivity contribution < 1.29 is 14.4 Å². The molecule has 3 aromatic rings. The predicted octanol–water partition coefficient (Wildman–Crippen LogP) is 5.09. The summed E-state index contributed by atoms with van der Waals surface area (Å²) in [5.41, 5.74) is 5.70. The van der Waals surface area contributed by atoms with Crippen LogP contribution >= 0.6 is 11.6 Å². The van der Waals surface area contributed by atoms with E-state index in [1.54, 1.807) is 7.05 Å². The van der Waals surface area contributed by atoms with Gasteiger partial charge >= 0.3 is 0 Å². The molecule has 0 bridgehead atoms. The first-order valence-electron chi connectivity index (χ1n) is 10.5. The smallest absolute Gasteiger partial charge is 0.273 e. The Labute approximate surface area is 193 Å². The number of carbonyl (C=O) groups is 1. The number of hydrogen-bond donors (Lipinski definition) is 1. The fraction of sp³-hybridized carbons (Fsp3) is 0.231. The highest BCUT2D eigenvalue weighted by Gasteiger charge is 2.24. The molecule has 0 fully saturated rings. The number of amides is 1. The number of ether oxygens (including phenoxy) is 1. The lowest BCUT2D eigenvalue weighted by molar-refractivity contribution is -0.114. The third-order valence-electron chi connectivity index (χ3n) is 5.76. The Morgan fingerprint density at radius 2 is 1.91 bits per heavy atom. The van der Waals surface area contributed by atoms with E-state index >= 15 is 0 Å². The van der Waals surface area contributed by atoms with Crippen LogP contribution < -0.4 is 10.1 Å². The number of carbonyl (C=O) groups excluding carboxylic acids is 1. The molecule has 1 unspecified atom stereocenters. The second-order valence-electron chi connectivity index (χ2n) is 7.65. The zero-order valence-corrected chi connectivity index (χ0v) is 18.9. The molecule has 3 aromatic carbocycles. The molecule has 0 aromatic heterocycles. The van der Waals surface area contributed by atoms with Crippen molar-refractivity contribution in [1.82, 2.24) is 5.32 Å². The summed E-state index contributed by atoms with van der Waals surface area (Å²) in [5, 5.41) is 7.29. The van der Waals surface area contributed by atoms with Gasteiger partial charge < -0.3 is 14.9 Å². The van der Waals surface area contributed by atoms with Crippen LogP contribution in [0, 0.1) is 0 Å². The molecule has 164 valence electrons. The fourth-order valence-electron chi connectivity index (χ4n) is 4.19. The number of likely N-dealkylation sites (N-methyl/N-ethyl adjacent to an activating group) is 1. The van der Waals surface area contributed by atoms with Gasteiger partial charge in [0.15, 0.2) is 5.71 Å². The van der Waals surface area contributed by atoms with Crippen LogP contribution in [-0.2, 0) is 22.7 Å². The molecule has 0 heterocycles. The zero-order chi connectivity index (χ0) is 22.5. The summed E-state index contributed by atoms with van der Waals surface area (Å²) >= 11 is 6.14. The number of halogens is 1. The first kappa shape index (κ1) is 21.9. The molecule has 0 saturated heterocycles. The van der Waals surface area contributed by atoms with Crippen molar-refractivity contribution in [3.8, 4) is 5.75 Å². The maximum Gasteiger partial charge on any atom is 0.273 e. The van der Waals surface area contributed by atoms with Crippen molar-refractivity contribution in [3.63, 3.8) is 0 Å². The number of hydrogen-bond acceptors (Lipinski definition) is 4. The number of aryl methyl sites for hydroxylation is 1. The van der Waals surface area contributed by atoms with E-state index in [1.807, 2.05) is 42.5 Å². The molecule has 32 heavy (non-hydrogen) atoms. The van der Waals surface area contributed by atoms with Gasteiger partial charge in [-0.3, -0.25) is 4.79 Å². The van der Waals surface area contributed by atoms with Crippen LogP contribution in [0.15, 0.2) is 71.9 Å². The minimum Gasteiger partial charge on any atom is -0.489 e. The molecule has 6 heteroatoms. The average Bonchev–Trinajstić information content (AvgIpc) is 3.24. The Morgan fingerprint density at radius 3 is 2.66 bits per heavy atom. The quantitative estimate of drug-likeness (QED) is 0.404. The molecular formula is C26H25ClN2O3. The van der Waals surface area contributed by atoms with Crippen LogP contribution in [0.5, 0.6) is 5.75 Å². The van der Waals surface area contributed by atoms with E-state index in [9.17, 15) is 4.79 Å². The molecule has 0 aliphatic heterocycles. The number of fused-ring (bicyclic) bond motifs is 1. The summed E-state index contributed by atoms with van der Waals surface area (Å²) in [5.74, 6) is 0.835. The van der Waals surface area contributed by atoms with E-state index in [0.29, 0.717) is 18.1 Å². The number of benzene rings is 3. The fourth-order valence-corrected chi connectivity index (χ4v) is 4.38. The number of oxime groups is 1. The lowest BCUT2D eigenvalue weighted by atomic mass is 9.93. The van der Waals surface area contributed by atoms with Gasteiger partial charge in [-0.25, -0.2) is 0 Å². The van der Waals surface area contributed by atoms with Crippen molar-refractivity contribution >= 4 is 23.2 Å². The second kappa shape index (κ2) is 9.88. The maximum atomic E-state index is 12.2. The van der Waals surface area contributed by atoms with E-state index in [0.717, 1.165) is 29.2 Å². The first-order valence-corrected chi connectivity index (χ1v) is 10.9. The van der Waals surface area contributed by atoms with Crippen LogP contribution in [0.2, 0.25) is 5.02 Å². The maximum absolute atomic E-state index is 12.2. The van der Waals surface area contributed by atoms with Crippen LogP contribution in [0.4, 0.5) is 0 Å². The first-order chi connectivity index (χ1) is 15.6. The molecule has 1 aliphatic carbocycles. The van der Waals surface area contributed by atoms with Crippen LogP contribution in [-0.4, -0.2) is 25.8 Å². The highest BCUT2D eigenvalue weighted by Crippen LogP contribution is 2.39. The zero-order valence-electron chi connectivity index (χ0n) is 18.1. The largest absolute Gasteiger partial charge is 0.489 e. The minimum atomic E-state index is -0.318. The topological polar surface area (TPSA) is 59.9 Å². The Hall–Kier alpha value is -3.31. The van der Waals surface area contributed by atoms with E-state index in [2.05, 4.69) is 34.7 Å². The lowest BCUT2D eigenvalue weighted by Crippen LogP contribution is -2.29. The van der Waals surface area contributed by atoms with Crippen molar-refractivity contribution in [2.75, 3.05) is 14.2 Å². The third-order valence-corrected chi connectivity index (χ3v) is 5.99. The van der Waals surface area contributed by atoms with Crippen molar-refractivity contribution in [2.24, 2.45) is 5.16 Å². The standard InChI is InChI=1S/C26H25ClN2O3/c1-28-26(30)25(29-31-2)24-6-4-3-5-19(24)16-32-21-11-7-17(8-12-21)22-13-9-18-15-20(27)10-14-23(18)22/h3-8,10-12,14-15,22H,9,13,16H2,1-2H3,(H,28,30). The Bertz CT molecular complexity index is 1140. The molecule has 0 saturated carbocycles. The lowest BCUT2D eigenvalue weighted by Gasteiger charge is -2.14. The highest BCUT2D eigenvalue weighted by molar-refractivity contribution is 6.45. The summed E-state index contributed by atoms with van der Waals surface area (Å²) in [6.07, 6.45) is 2.14. The van der Waals surface area contributed by atoms with Crippen molar-refractivity contribution in [1.29, 1.82) is 0 Å². The summed E-state index contributed by atoms with van der Waals surface area (Å²) in [4.78, 5) is 17.1. The van der Waals surface area contributed by atoms with E-state index in [-0.39, 0.29) is 11.6 Å². The molecule has 1 amide bonds. The average molecular weight is 449 g/mol. The molecule has 4 rings (SSSR count). The van der Waals surface area contributed by atoms with Gasteiger partial charge in [0, 0.05) is 23.6 Å². The van der Waals surface area contributed by atoms with Gasteiger partial charge in [0.2, 0.25) is 0 Å². The Kier molecular flexibility index (Phi) is 6.76. The van der Waals surface area contributed by atoms with Crippen molar-refractivity contribution in [3.05, 3.63) is 99.6 Å². The van der Waals surface area contributed by atoms with Gasteiger partial charge in [-0.05, 0) is 59.4 Å². The van der Waals surface area contributed by atoms with Crippen molar-refractivity contribution in [2.45, 2.75) is 25.4 Å². The third kappa shape index (κ3) is 4.63. The summed E-state index contributed by atoms with van der Waals surface area (Å²) in [7, 11) is 2.98. The molecule has 1 atom stereocenters. The van der Waals surface area contributed by atoms with Gasteiger partial charge in [0.05, 0.1) is 0 Å². The summed E-state index contributed by atoms with van der Waals surface area (Å²) in [6, 6.07) is 21.9. The van der Waals surface area contributed by atoms with Gasteiger partial charge in [-0.2, -0.15) is 0 Å². The number of rotatable bonds is 7. The normalized spacial score (nSPS) is 15.2. The summed E-state index contributed by atoms with van der Waals surface area (Å²) < 4.78 is 6.03. The van der Waals surface area contributed by atoms with E-state index in [1.165, 1.54) is 23.8 Å². The van der Waals surface area contributed by atoms with Crippen LogP contribution in [0.1, 0.15) is 40.2 Å². The molecule has 1 N–H and O–H groups in total. The SMILES string of the molecule is CNC(=O)C(=NOC)c1ccccc1COc1ccc(C2CCc3cc(Cl)ccc32)cc1. The number of nitrogens with zero attached hydrogens (tertiary/aromatic N) is 1. The molecule has 5 nitrogen and oxygen atoms in total. The van der Waals surface area contributed by atoms with Gasteiger partial charge in [-0.1, -0.05) is 59.2 Å². The van der Waals surface area contributed by atoms with Gasteiger partial charge in [0.1, 0.15) is 19.5 Å². The molecular weight excluding hydrogens is 424 g/mol. The number of nitrogens with one attached hydrogen (secondary N) is 1. The van der Waals surface area contributed by atoms with Gasteiger partial charge in [0.25, 0.3) is 5.91 Å². The van der Waals surface area contributed by atoms with Crippen LogP contribution in [0.25, 0.3) is 0 Å². The van der Waals surface area contributed by atoms with Crippen LogP contribution in [0.3, 0.4) is 0 Å². The minimum absolute atomic E-state index is 0.213. The second-order valence-corrected chi connectivity index (χ2v) is 8.09. The van der Waals surface area contributed by atoms with E-state index in [4.69, 9.17) is 21.2 Å². The van der Waals surface area contributed by atoms with Gasteiger partial charge in [-0.15, -0.1) is 0 Å². The highest BCUT2D eigenvalue weighted by atomic mass is 35.5. The monoisotopic (exact) mass is 448 g/mol. The molecule has 0 radical (unpaired) electrons. The Morgan fingerprint density at radius 1 is 1.12 bits per heavy atom. The Balaban J connectivity index is 1.49. The molecule has 0 spiro atoms. The summed E-state index contributed by atoms with van der Waals surface area (Å²) in [6.45, 7) is 0.306.